The Kier molecular flexibility index (Phi) is 1.90. The van der Waals surface area contributed by atoms with Crippen molar-refractivity contribution < 1.29 is 4.79 Å². The number of aryl methyl sites for hydroxylation is 1. The first-order chi connectivity index (χ1) is 6.18. The van der Waals surface area contributed by atoms with E-state index in [0.29, 0.717) is 11.9 Å². The first kappa shape index (κ1) is 8.41. The highest BCUT2D eigenvalue weighted by Crippen LogP contribution is 2.22. The summed E-state index contributed by atoms with van der Waals surface area (Å²) in [6, 6.07) is 0.393. The Balaban J connectivity index is 2.42. The highest BCUT2D eigenvalue weighted by molar-refractivity contribution is 5.90. The van der Waals surface area contributed by atoms with Gasteiger partial charge in [-0.05, 0) is 19.8 Å². The zero-order valence-corrected chi connectivity index (χ0v) is 7.95. The Morgan fingerprint density at radius 1 is 1.62 bits per heavy atom. The number of Topliss-reactive ketones (excluding diaryl/α,β-unsaturated/α-hetero) is 1. The molecule has 1 unspecified atom stereocenters. The molecule has 0 aliphatic carbocycles. The number of aromatic nitrogens is 3. The molecule has 1 aromatic heterocycles. The molecule has 1 aliphatic heterocycles. The van der Waals surface area contributed by atoms with E-state index < -0.39 is 0 Å². The van der Waals surface area contributed by atoms with Gasteiger partial charge in [-0.3, -0.25) is 4.79 Å². The van der Waals surface area contributed by atoms with E-state index in [1.807, 2.05) is 4.68 Å². The van der Waals surface area contributed by atoms with Crippen LogP contribution in [-0.4, -0.2) is 20.5 Å². The average Bonchev–Trinajstić information content (AvgIpc) is 2.49. The van der Waals surface area contributed by atoms with E-state index >= 15 is 0 Å². The van der Waals surface area contributed by atoms with E-state index in [9.17, 15) is 4.79 Å². The van der Waals surface area contributed by atoms with Crippen LogP contribution in [0.5, 0.6) is 0 Å². The lowest BCUT2D eigenvalue weighted by Gasteiger charge is -2.18. The zero-order chi connectivity index (χ0) is 9.42. The number of carbonyl (C=O) groups is 1. The maximum atomic E-state index is 11.0. The van der Waals surface area contributed by atoms with E-state index in [1.165, 1.54) is 6.92 Å². The summed E-state index contributed by atoms with van der Waals surface area (Å²) in [4.78, 5) is 15.2. The summed E-state index contributed by atoms with van der Waals surface area (Å²) in [5.41, 5.74) is 0. The summed E-state index contributed by atoms with van der Waals surface area (Å²) in [6.07, 6.45) is 3.23. The van der Waals surface area contributed by atoms with Gasteiger partial charge in [0, 0.05) is 13.3 Å². The van der Waals surface area contributed by atoms with Gasteiger partial charge in [-0.2, -0.15) is 0 Å². The Morgan fingerprint density at radius 3 is 3.00 bits per heavy atom. The van der Waals surface area contributed by atoms with Crippen molar-refractivity contribution in [3.63, 3.8) is 0 Å². The Labute approximate surface area is 77.0 Å². The Bertz CT molecular complexity index is 343. The van der Waals surface area contributed by atoms with Crippen LogP contribution in [0.4, 0.5) is 0 Å². The van der Waals surface area contributed by atoms with Crippen LogP contribution in [-0.2, 0) is 6.42 Å². The standard InChI is InChI=1S/C9H13N3O/c1-6-4-3-5-8-10-9(7(2)13)11-12(6)8/h6H,3-5H2,1-2H3. The highest BCUT2D eigenvalue weighted by Gasteiger charge is 2.20. The highest BCUT2D eigenvalue weighted by atomic mass is 16.1. The molecule has 0 aromatic carbocycles. The number of hydrogen-bond donors (Lipinski definition) is 0. The van der Waals surface area contributed by atoms with E-state index in [2.05, 4.69) is 17.0 Å². The Morgan fingerprint density at radius 2 is 2.38 bits per heavy atom. The first-order valence-electron chi connectivity index (χ1n) is 4.65. The number of rotatable bonds is 1. The van der Waals surface area contributed by atoms with Gasteiger partial charge in [-0.25, -0.2) is 9.67 Å². The van der Waals surface area contributed by atoms with E-state index in [4.69, 9.17) is 0 Å². The SMILES string of the molecule is CC(=O)c1nc2n(n1)C(C)CCC2. The molecule has 1 aromatic rings. The van der Waals surface area contributed by atoms with Crippen molar-refractivity contribution in [2.45, 2.75) is 39.2 Å². The normalized spacial score (nSPS) is 21.2. The fourth-order valence-electron chi connectivity index (χ4n) is 1.71. The summed E-state index contributed by atoms with van der Waals surface area (Å²) >= 11 is 0. The van der Waals surface area contributed by atoms with Crippen LogP contribution in [0.15, 0.2) is 0 Å². The number of fused-ring (bicyclic) bond motifs is 1. The predicted molar refractivity (Wildman–Crippen MR) is 47.7 cm³/mol. The van der Waals surface area contributed by atoms with Crippen molar-refractivity contribution >= 4 is 5.78 Å². The monoisotopic (exact) mass is 179 g/mol. The number of nitrogens with zero attached hydrogens (tertiary/aromatic N) is 3. The maximum Gasteiger partial charge on any atom is 0.217 e. The summed E-state index contributed by atoms with van der Waals surface area (Å²) in [6.45, 7) is 3.62. The summed E-state index contributed by atoms with van der Waals surface area (Å²) in [7, 11) is 0. The molecule has 0 spiro atoms. The largest absolute Gasteiger partial charge is 0.291 e. The lowest BCUT2D eigenvalue weighted by Crippen LogP contribution is -2.16. The molecule has 0 amide bonds. The molecule has 0 saturated heterocycles. The third kappa shape index (κ3) is 1.36. The van der Waals surface area contributed by atoms with Crippen molar-refractivity contribution in [1.29, 1.82) is 0 Å². The predicted octanol–water partition coefficient (Wildman–Crippen LogP) is 1.38. The topological polar surface area (TPSA) is 47.8 Å². The molecule has 0 radical (unpaired) electrons. The van der Waals surface area contributed by atoms with Crippen molar-refractivity contribution in [1.82, 2.24) is 14.8 Å². The van der Waals surface area contributed by atoms with Crippen LogP contribution < -0.4 is 0 Å². The van der Waals surface area contributed by atoms with Crippen molar-refractivity contribution in [3.05, 3.63) is 11.6 Å². The zero-order valence-electron chi connectivity index (χ0n) is 7.95. The van der Waals surface area contributed by atoms with Crippen molar-refractivity contribution in [2.24, 2.45) is 0 Å². The first-order valence-corrected chi connectivity index (χ1v) is 4.65. The lowest BCUT2D eigenvalue weighted by atomic mass is 10.1. The van der Waals surface area contributed by atoms with Gasteiger partial charge in [-0.15, -0.1) is 5.10 Å². The molecule has 0 bridgehead atoms. The molecule has 1 atom stereocenters. The van der Waals surface area contributed by atoms with E-state index in [-0.39, 0.29) is 5.78 Å². The number of hydrogen-bond acceptors (Lipinski definition) is 3. The molecular weight excluding hydrogens is 166 g/mol. The molecule has 4 nitrogen and oxygen atoms in total. The molecule has 70 valence electrons. The number of carbonyl (C=O) groups excluding carboxylic acids is 1. The second kappa shape index (κ2) is 2.94. The fraction of sp³-hybridized carbons (Fsp3) is 0.667. The van der Waals surface area contributed by atoms with Gasteiger partial charge in [0.15, 0.2) is 5.78 Å². The third-order valence-electron chi connectivity index (χ3n) is 2.46. The molecule has 1 aliphatic rings. The minimum Gasteiger partial charge on any atom is -0.291 e. The molecule has 0 saturated carbocycles. The van der Waals surface area contributed by atoms with Crippen LogP contribution in [0.2, 0.25) is 0 Å². The van der Waals surface area contributed by atoms with Crippen LogP contribution in [0, 0.1) is 0 Å². The van der Waals surface area contributed by atoms with Crippen LogP contribution in [0.1, 0.15) is 49.2 Å². The van der Waals surface area contributed by atoms with Crippen LogP contribution >= 0.6 is 0 Å². The van der Waals surface area contributed by atoms with E-state index in [0.717, 1.165) is 25.1 Å². The van der Waals surface area contributed by atoms with Crippen molar-refractivity contribution in [3.8, 4) is 0 Å². The maximum absolute atomic E-state index is 11.0. The number of ketones is 1. The molecule has 13 heavy (non-hydrogen) atoms. The molecule has 2 rings (SSSR count). The molecule has 0 fully saturated rings. The fourth-order valence-corrected chi connectivity index (χ4v) is 1.71. The van der Waals surface area contributed by atoms with E-state index in [1.54, 1.807) is 0 Å². The van der Waals surface area contributed by atoms with Gasteiger partial charge in [0.25, 0.3) is 0 Å². The van der Waals surface area contributed by atoms with Gasteiger partial charge in [0.1, 0.15) is 5.82 Å². The van der Waals surface area contributed by atoms with Gasteiger partial charge in [0.2, 0.25) is 5.82 Å². The quantitative estimate of drug-likeness (QED) is 0.612. The summed E-state index contributed by atoms with van der Waals surface area (Å²) in [5, 5.41) is 4.19. The smallest absolute Gasteiger partial charge is 0.217 e. The Hall–Kier alpha value is -1.19. The van der Waals surface area contributed by atoms with Crippen LogP contribution in [0.25, 0.3) is 0 Å². The van der Waals surface area contributed by atoms with Gasteiger partial charge < -0.3 is 0 Å². The van der Waals surface area contributed by atoms with Gasteiger partial charge >= 0.3 is 0 Å². The van der Waals surface area contributed by atoms with Crippen molar-refractivity contribution in [2.75, 3.05) is 0 Å². The minimum absolute atomic E-state index is 0.0471. The average molecular weight is 179 g/mol. The second-order valence-corrected chi connectivity index (χ2v) is 3.59. The van der Waals surface area contributed by atoms with Crippen LogP contribution in [0.3, 0.4) is 0 Å². The van der Waals surface area contributed by atoms with Gasteiger partial charge in [0.05, 0.1) is 6.04 Å². The third-order valence-corrected chi connectivity index (χ3v) is 2.46. The summed E-state index contributed by atoms with van der Waals surface area (Å²) < 4.78 is 1.89. The molecule has 0 N–H and O–H groups in total. The van der Waals surface area contributed by atoms with Gasteiger partial charge in [-0.1, -0.05) is 0 Å². The summed E-state index contributed by atoms with van der Waals surface area (Å²) in [5.74, 6) is 1.28. The second-order valence-electron chi connectivity index (χ2n) is 3.59. The molecular formula is C9H13N3O. The molecule has 2 heterocycles. The molecule has 4 heteroatoms. The minimum atomic E-state index is -0.0471. The lowest BCUT2D eigenvalue weighted by molar-refractivity contribution is 0.100.